The molecule has 0 unspecified atom stereocenters. The largest absolute Gasteiger partial charge is 0.478 e. The van der Waals surface area contributed by atoms with Crippen molar-refractivity contribution in [2.45, 2.75) is 6.42 Å². The third-order valence-electron chi connectivity index (χ3n) is 2.19. The first-order chi connectivity index (χ1) is 8.78. The van der Waals surface area contributed by atoms with E-state index in [0.717, 1.165) is 6.26 Å². The number of carboxylic acid groups (broad SMARTS) is 1. The number of nitrogens with one attached hydrogen (secondary N) is 2. The number of benzene rings is 1. The summed E-state index contributed by atoms with van der Waals surface area (Å²) in [5.41, 5.74) is 0.859. The van der Waals surface area contributed by atoms with Crippen LogP contribution in [0.3, 0.4) is 0 Å². The third-order valence-corrected chi connectivity index (χ3v) is 3.38. The minimum Gasteiger partial charge on any atom is -0.478 e. The summed E-state index contributed by atoms with van der Waals surface area (Å²) in [6, 6.07) is 4.80. The van der Waals surface area contributed by atoms with Gasteiger partial charge in [-0.05, 0) is 24.6 Å². The van der Waals surface area contributed by atoms with Crippen LogP contribution in [0.1, 0.15) is 16.8 Å². The maximum atomic E-state index is 10.9. The molecule has 106 valence electrons. The van der Waals surface area contributed by atoms with Crippen LogP contribution in [0.2, 0.25) is 0 Å². The highest BCUT2D eigenvalue weighted by atomic mass is 79.9. The molecule has 0 aliphatic carbocycles. The summed E-state index contributed by atoms with van der Waals surface area (Å²) >= 11 is 3.24. The normalized spacial score (nSPS) is 11.3. The standard InChI is InChI=1S/C11H15BrN2O4S/c1-19(17,18)14-4-2-3-13-10-6-8(11(15)16)5-9(12)7-10/h5-7,13-14H,2-4H2,1H3,(H,15,16). The van der Waals surface area contributed by atoms with Crippen LogP contribution in [0.15, 0.2) is 22.7 Å². The second kappa shape index (κ2) is 6.88. The third kappa shape index (κ3) is 6.55. The van der Waals surface area contributed by atoms with E-state index in [1.165, 1.54) is 12.1 Å². The van der Waals surface area contributed by atoms with Crippen LogP contribution in [0.25, 0.3) is 0 Å². The number of halogens is 1. The van der Waals surface area contributed by atoms with Crippen molar-refractivity contribution in [2.75, 3.05) is 24.7 Å². The number of hydrogen-bond acceptors (Lipinski definition) is 4. The second-order valence-electron chi connectivity index (χ2n) is 3.98. The van der Waals surface area contributed by atoms with Gasteiger partial charge in [0, 0.05) is 23.2 Å². The van der Waals surface area contributed by atoms with Gasteiger partial charge in [-0.1, -0.05) is 15.9 Å². The lowest BCUT2D eigenvalue weighted by molar-refractivity contribution is 0.0697. The van der Waals surface area contributed by atoms with Crippen molar-refractivity contribution < 1.29 is 18.3 Å². The van der Waals surface area contributed by atoms with E-state index < -0.39 is 16.0 Å². The van der Waals surface area contributed by atoms with E-state index in [-0.39, 0.29) is 5.56 Å². The van der Waals surface area contributed by atoms with E-state index in [2.05, 4.69) is 26.0 Å². The number of carbonyl (C=O) groups is 1. The Morgan fingerprint density at radius 2 is 2.00 bits per heavy atom. The number of sulfonamides is 1. The summed E-state index contributed by atoms with van der Waals surface area (Å²) in [5, 5.41) is 11.9. The Balaban J connectivity index is 2.47. The zero-order valence-electron chi connectivity index (χ0n) is 10.3. The number of carboxylic acids is 1. The molecule has 0 fully saturated rings. The van der Waals surface area contributed by atoms with Gasteiger partial charge in [-0.2, -0.15) is 0 Å². The highest BCUT2D eigenvalue weighted by molar-refractivity contribution is 9.10. The zero-order valence-corrected chi connectivity index (χ0v) is 12.7. The molecule has 6 nitrogen and oxygen atoms in total. The molecule has 0 aromatic heterocycles. The zero-order chi connectivity index (χ0) is 14.5. The lowest BCUT2D eigenvalue weighted by Crippen LogP contribution is -2.24. The molecule has 1 aromatic rings. The Hall–Kier alpha value is -1.12. The van der Waals surface area contributed by atoms with Crippen molar-refractivity contribution in [3.63, 3.8) is 0 Å². The minimum atomic E-state index is -3.16. The van der Waals surface area contributed by atoms with Gasteiger partial charge in [-0.25, -0.2) is 17.9 Å². The molecule has 0 radical (unpaired) electrons. The van der Waals surface area contributed by atoms with Gasteiger partial charge < -0.3 is 10.4 Å². The molecule has 0 atom stereocenters. The van der Waals surface area contributed by atoms with Crippen molar-refractivity contribution in [3.8, 4) is 0 Å². The predicted octanol–water partition coefficient (Wildman–Crippen LogP) is 1.50. The van der Waals surface area contributed by atoms with Crippen LogP contribution in [-0.4, -0.2) is 38.8 Å². The van der Waals surface area contributed by atoms with Gasteiger partial charge in [0.2, 0.25) is 10.0 Å². The van der Waals surface area contributed by atoms with Crippen molar-refractivity contribution in [3.05, 3.63) is 28.2 Å². The van der Waals surface area contributed by atoms with Crippen LogP contribution >= 0.6 is 15.9 Å². The number of aromatic carboxylic acids is 1. The van der Waals surface area contributed by atoms with Gasteiger partial charge in [0.15, 0.2) is 0 Å². The first kappa shape index (κ1) is 15.9. The van der Waals surface area contributed by atoms with E-state index in [9.17, 15) is 13.2 Å². The van der Waals surface area contributed by atoms with Crippen molar-refractivity contribution in [1.82, 2.24) is 4.72 Å². The Morgan fingerprint density at radius 1 is 1.32 bits per heavy atom. The first-order valence-electron chi connectivity index (χ1n) is 5.50. The van der Waals surface area contributed by atoms with Crippen LogP contribution in [0, 0.1) is 0 Å². The van der Waals surface area contributed by atoms with Gasteiger partial charge in [-0.3, -0.25) is 0 Å². The Kier molecular flexibility index (Phi) is 5.77. The molecule has 1 aromatic carbocycles. The second-order valence-corrected chi connectivity index (χ2v) is 6.73. The van der Waals surface area contributed by atoms with Crippen molar-refractivity contribution in [1.29, 1.82) is 0 Å². The molecule has 0 saturated heterocycles. The summed E-state index contributed by atoms with van der Waals surface area (Å²) in [7, 11) is -3.16. The average molecular weight is 351 g/mol. The lowest BCUT2D eigenvalue weighted by atomic mass is 10.2. The fourth-order valence-corrected chi connectivity index (χ4v) is 2.40. The molecule has 1 rings (SSSR count). The van der Waals surface area contributed by atoms with Gasteiger partial charge in [0.1, 0.15) is 0 Å². The van der Waals surface area contributed by atoms with Gasteiger partial charge >= 0.3 is 5.97 Å². The van der Waals surface area contributed by atoms with E-state index >= 15 is 0 Å². The average Bonchev–Trinajstić information content (AvgIpc) is 2.26. The van der Waals surface area contributed by atoms with E-state index in [1.807, 2.05) is 0 Å². The Morgan fingerprint density at radius 3 is 2.58 bits per heavy atom. The molecule has 3 N–H and O–H groups in total. The number of anilines is 1. The van der Waals surface area contributed by atoms with E-state index in [1.54, 1.807) is 6.07 Å². The van der Waals surface area contributed by atoms with Crippen LogP contribution in [0.4, 0.5) is 5.69 Å². The predicted molar refractivity (Wildman–Crippen MR) is 77.1 cm³/mol. The quantitative estimate of drug-likeness (QED) is 0.647. The fraction of sp³-hybridized carbons (Fsp3) is 0.364. The molecular weight excluding hydrogens is 336 g/mol. The highest BCUT2D eigenvalue weighted by Crippen LogP contribution is 2.19. The molecule has 0 saturated carbocycles. The maximum Gasteiger partial charge on any atom is 0.335 e. The summed E-state index contributed by atoms with van der Waals surface area (Å²) < 4.78 is 24.7. The van der Waals surface area contributed by atoms with Gasteiger partial charge in [0.25, 0.3) is 0 Å². The molecule has 19 heavy (non-hydrogen) atoms. The van der Waals surface area contributed by atoms with Crippen LogP contribution in [-0.2, 0) is 10.0 Å². The minimum absolute atomic E-state index is 0.186. The van der Waals surface area contributed by atoms with Gasteiger partial charge in [0.05, 0.1) is 11.8 Å². The number of hydrogen-bond donors (Lipinski definition) is 3. The molecule has 8 heteroatoms. The van der Waals surface area contributed by atoms with E-state index in [0.29, 0.717) is 29.7 Å². The molecule has 0 aliphatic rings. The lowest BCUT2D eigenvalue weighted by Gasteiger charge is -2.08. The van der Waals surface area contributed by atoms with E-state index in [4.69, 9.17) is 5.11 Å². The van der Waals surface area contributed by atoms with Crippen LogP contribution in [0.5, 0.6) is 0 Å². The molecule has 0 amide bonds. The van der Waals surface area contributed by atoms with Crippen LogP contribution < -0.4 is 10.0 Å². The highest BCUT2D eigenvalue weighted by Gasteiger charge is 2.05. The molecule has 0 spiro atoms. The fourth-order valence-electron chi connectivity index (χ4n) is 1.39. The molecule has 0 heterocycles. The topological polar surface area (TPSA) is 95.5 Å². The molecule has 0 bridgehead atoms. The SMILES string of the molecule is CS(=O)(=O)NCCCNc1cc(Br)cc(C(=O)O)c1. The molecular formula is C11H15BrN2O4S. The summed E-state index contributed by atoms with van der Waals surface area (Å²) in [6.45, 7) is 0.879. The Bertz CT molecular complexity index is 560. The van der Waals surface area contributed by atoms with Crippen molar-refractivity contribution in [2.24, 2.45) is 0 Å². The number of rotatable bonds is 7. The summed E-state index contributed by atoms with van der Waals surface area (Å²) in [5.74, 6) is -0.997. The molecule has 0 aliphatic heterocycles. The monoisotopic (exact) mass is 350 g/mol. The first-order valence-corrected chi connectivity index (χ1v) is 8.19. The summed E-state index contributed by atoms with van der Waals surface area (Å²) in [4.78, 5) is 10.9. The van der Waals surface area contributed by atoms with Gasteiger partial charge in [-0.15, -0.1) is 0 Å². The smallest absolute Gasteiger partial charge is 0.335 e. The van der Waals surface area contributed by atoms with Crippen molar-refractivity contribution >= 4 is 37.6 Å². The summed E-state index contributed by atoms with van der Waals surface area (Å²) in [6.07, 6.45) is 1.70. The Labute approximate surface area is 120 Å². The maximum absolute atomic E-state index is 10.9.